The van der Waals surface area contributed by atoms with Gasteiger partial charge in [-0.2, -0.15) is 0 Å². The Morgan fingerprint density at radius 1 is 1.19 bits per heavy atom. The molecule has 0 saturated carbocycles. The second kappa shape index (κ2) is 8.74. The minimum atomic E-state index is -3.46. The summed E-state index contributed by atoms with van der Waals surface area (Å²) >= 11 is 0. The molecule has 27 heavy (non-hydrogen) atoms. The molecule has 1 heterocycles. The summed E-state index contributed by atoms with van der Waals surface area (Å²) in [6.45, 7) is 16.4. The van der Waals surface area contributed by atoms with E-state index in [2.05, 4.69) is 33.9 Å². The van der Waals surface area contributed by atoms with Crippen molar-refractivity contribution in [1.29, 1.82) is 0 Å². The van der Waals surface area contributed by atoms with Crippen LogP contribution in [0.1, 0.15) is 48.0 Å². The lowest BCUT2D eigenvalue weighted by atomic mass is 10.1. The van der Waals surface area contributed by atoms with Crippen molar-refractivity contribution in [3.05, 3.63) is 0 Å². The molecule has 0 N–H and O–H groups in total. The molecule has 160 valence electrons. The zero-order valence-corrected chi connectivity index (χ0v) is 20.3. The highest BCUT2D eigenvalue weighted by molar-refractivity contribution is 7.54. The number of hydrogen-bond donors (Lipinski definition) is 0. The van der Waals surface area contributed by atoms with Gasteiger partial charge >= 0.3 is 7.60 Å². The lowest BCUT2D eigenvalue weighted by Gasteiger charge is -2.39. The van der Waals surface area contributed by atoms with Gasteiger partial charge in [0, 0.05) is 26.7 Å². The Labute approximate surface area is 165 Å². The molecule has 0 radical (unpaired) electrons. The van der Waals surface area contributed by atoms with Crippen molar-refractivity contribution in [2.45, 2.75) is 90.2 Å². The van der Waals surface area contributed by atoms with Gasteiger partial charge in [-0.3, -0.25) is 9.36 Å². The molecule has 0 aliphatic carbocycles. The van der Waals surface area contributed by atoms with Crippen LogP contribution >= 0.6 is 7.60 Å². The summed E-state index contributed by atoms with van der Waals surface area (Å²) in [7, 11) is -2.87. The third-order valence-corrected chi connectivity index (χ3v) is 11.7. The number of carbonyl (C=O) groups is 1. The number of hydrogen-bond acceptors (Lipinski definition) is 7. The molecule has 1 rings (SSSR count). The molecule has 1 aliphatic rings. The largest absolute Gasteiger partial charge is 0.414 e. The SMILES string of the molecule is COP(=O)(CC(=O)[C@@H]1OC(C)(C)O[C@@H]1C[C@@H](C)O[Si](C)(C)C(C)(C)C)OC. The molecule has 1 aliphatic heterocycles. The quantitative estimate of drug-likeness (QED) is 0.402. The predicted molar refractivity (Wildman–Crippen MR) is 108 cm³/mol. The summed E-state index contributed by atoms with van der Waals surface area (Å²) < 4.78 is 40.3. The summed E-state index contributed by atoms with van der Waals surface area (Å²) in [4.78, 5) is 12.7. The molecule has 1 fully saturated rings. The minimum absolute atomic E-state index is 0.0896. The molecule has 7 nitrogen and oxygen atoms in total. The van der Waals surface area contributed by atoms with Gasteiger partial charge in [0.2, 0.25) is 0 Å². The van der Waals surface area contributed by atoms with Crippen LogP contribution in [0.3, 0.4) is 0 Å². The molecule has 0 bridgehead atoms. The van der Waals surface area contributed by atoms with Crippen LogP contribution in [-0.4, -0.2) is 58.6 Å². The molecule has 0 aromatic heterocycles. The third kappa shape index (κ3) is 6.73. The normalized spacial score (nSPS) is 24.8. The highest BCUT2D eigenvalue weighted by atomic mass is 31.2. The van der Waals surface area contributed by atoms with Crippen LogP contribution in [0.5, 0.6) is 0 Å². The molecular formula is C18H37O7PSi. The Hall–Kier alpha value is -0.0831. The fourth-order valence-electron chi connectivity index (χ4n) is 2.82. The highest BCUT2D eigenvalue weighted by Gasteiger charge is 2.48. The van der Waals surface area contributed by atoms with Crippen LogP contribution in [0.4, 0.5) is 0 Å². The standard InChI is InChI=1S/C18H37O7PSi/c1-13(25-27(9,10)17(2,3)4)11-15-16(24-18(5,6)23-15)14(19)12-26(20,21-7)22-8/h13,15-16H,11-12H2,1-10H3/t13-,15-,16+/m1/s1. The molecule has 0 spiro atoms. The van der Waals surface area contributed by atoms with Gasteiger partial charge < -0.3 is 22.9 Å². The van der Waals surface area contributed by atoms with Crippen LogP contribution in [-0.2, 0) is 32.3 Å². The van der Waals surface area contributed by atoms with Crippen molar-refractivity contribution < 1.29 is 32.3 Å². The van der Waals surface area contributed by atoms with Gasteiger partial charge in [0.05, 0.1) is 6.10 Å². The van der Waals surface area contributed by atoms with Gasteiger partial charge in [0.25, 0.3) is 0 Å². The second-order valence-corrected chi connectivity index (χ2v) is 16.1. The monoisotopic (exact) mass is 424 g/mol. The van der Waals surface area contributed by atoms with Crippen LogP contribution in [0.15, 0.2) is 0 Å². The van der Waals surface area contributed by atoms with Crippen LogP contribution in [0.25, 0.3) is 0 Å². The summed E-state index contributed by atoms with van der Waals surface area (Å²) in [6, 6.07) is 0. The Balaban J connectivity index is 2.88. The fourth-order valence-corrected chi connectivity index (χ4v) is 5.24. The average Bonchev–Trinajstić information content (AvgIpc) is 2.79. The zero-order valence-electron chi connectivity index (χ0n) is 18.5. The van der Waals surface area contributed by atoms with Gasteiger partial charge in [-0.1, -0.05) is 20.8 Å². The van der Waals surface area contributed by atoms with E-state index in [1.54, 1.807) is 13.8 Å². The fraction of sp³-hybridized carbons (Fsp3) is 0.944. The van der Waals surface area contributed by atoms with E-state index < -0.39 is 33.9 Å². The van der Waals surface area contributed by atoms with E-state index >= 15 is 0 Å². The number of ketones is 1. The number of ether oxygens (including phenoxy) is 2. The van der Waals surface area contributed by atoms with Crippen molar-refractivity contribution in [3.8, 4) is 0 Å². The molecule has 0 amide bonds. The van der Waals surface area contributed by atoms with Gasteiger partial charge in [0.15, 0.2) is 19.9 Å². The van der Waals surface area contributed by atoms with E-state index in [-0.39, 0.29) is 23.1 Å². The maximum atomic E-state index is 12.7. The highest BCUT2D eigenvalue weighted by Crippen LogP contribution is 2.47. The summed E-state index contributed by atoms with van der Waals surface area (Å²) in [5, 5.41) is 0.0896. The first kappa shape index (κ1) is 25.0. The molecule has 0 aromatic carbocycles. The summed E-state index contributed by atoms with van der Waals surface area (Å²) in [5.41, 5.74) is 0. The van der Waals surface area contributed by atoms with E-state index in [0.717, 1.165) is 0 Å². The van der Waals surface area contributed by atoms with E-state index in [4.69, 9.17) is 22.9 Å². The molecule has 3 atom stereocenters. The topological polar surface area (TPSA) is 80.3 Å². The first-order chi connectivity index (χ1) is 12.1. The molecule has 0 aromatic rings. The Kier molecular flexibility index (Phi) is 8.07. The molecule has 0 unspecified atom stereocenters. The predicted octanol–water partition coefficient (Wildman–Crippen LogP) is 4.36. The number of Topliss-reactive ketones (excluding diaryl/α,β-unsaturated/α-hetero) is 1. The average molecular weight is 425 g/mol. The first-order valence-electron chi connectivity index (χ1n) is 9.32. The maximum absolute atomic E-state index is 12.7. The van der Waals surface area contributed by atoms with Crippen molar-refractivity contribution in [3.63, 3.8) is 0 Å². The Morgan fingerprint density at radius 2 is 1.70 bits per heavy atom. The van der Waals surface area contributed by atoms with E-state index in [9.17, 15) is 9.36 Å². The van der Waals surface area contributed by atoms with Gasteiger partial charge in [0.1, 0.15) is 12.3 Å². The van der Waals surface area contributed by atoms with Crippen molar-refractivity contribution in [2.24, 2.45) is 0 Å². The van der Waals surface area contributed by atoms with E-state index in [0.29, 0.717) is 6.42 Å². The number of carbonyl (C=O) groups excluding carboxylic acids is 1. The Morgan fingerprint density at radius 3 is 2.15 bits per heavy atom. The third-order valence-electron chi connectivity index (χ3n) is 5.27. The number of rotatable bonds is 9. The lowest BCUT2D eigenvalue weighted by Crippen LogP contribution is -2.45. The van der Waals surface area contributed by atoms with Crippen molar-refractivity contribution in [2.75, 3.05) is 20.4 Å². The van der Waals surface area contributed by atoms with Crippen molar-refractivity contribution >= 4 is 21.7 Å². The maximum Gasteiger partial charge on any atom is 0.337 e. The zero-order chi connectivity index (χ0) is 21.3. The van der Waals surface area contributed by atoms with Gasteiger partial charge in [-0.15, -0.1) is 0 Å². The van der Waals surface area contributed by atoms with Gasteiger partial charge in [-0.05, 0) is 38.9 Å². The molecule has 1 saturated heterocycles. The smallest absolute Gasteiger partial charge is 0.337 e. The first-order valence-corrected chi connectivity index (χ1v) is 14.0. The van der Waals surface area contributed by atoms with Crippen molar-refractivity contribution in [1.82, 2.24) is 0 Å². The Bertz CT molecular complexity index is 563. The lowest BCUT2D eigenvalue weighted by molar-refractivity contribution is -0.154. The summed E-state index contributed by atoms with van der Waals surface area (Å²) in [5.74, 6) is -1.25. The molecule has 9 heteroatoms. The second-order valence-electron chi connectivity index (χ2n) is 9.12. The van der Waals surface area contributed by atoms with Crippen LogP contribution < -0.4 is 0 Å². The summed E-state index contributed by atoms with van der Waals surface area (Å²) in [6.07, 6.45) is -1.24. The minimum Gasteiger partial charge on any atom is -0.414 e. The van der Waals surface area contributed by atoms with E-state index in [1.807, 2.05) is 6.92 Å². The van der Waals surface area contributed by atoms with Crippen LogP contribution in [0, 0.1) is 0 Å². The molecular weight excluding hydrogens is 387 g/mol. The van der Waals surface area contributed by atoms with Crippen LogP contribution in [0.2, 0.25) is 18.1 Å². The van der Waals surface area contributed by atoms with E-state index in [1.165, 1.54) is 14.2 Å². The van der Waals surface area contributed by atoms with Gasteiger partial charge in [-0.25, -0.2) is 0 Å².